The lowest BCUT2D eigenvalue weighted by molar-refractivity contribution is 0.411. The highest BCUT2D eigenvalue weighted by Crippen LogP contribution is 2.56. The van der Waals surface area contributed by atoms with Gasteiger partial charge >= 0.3 is 0 Å². The molecule has 114 heavy (non-hydrogen) atoms. The van der Waals surface area contributed by atoms with Gasteiger partial charge in [0, 0.05) is 86.1 Å². The minimum Gasteiger partial charge on any atom is -0.310 e. The Hall–Kier alpha value is -10.9. The first-order valence-corrected chi connectivity index (χ1v) is 41.1. The first-order chi connectivity index (χ1) is 56.2. The zero-order valence-corrected chi connectivity index (χ0v) is 70.8. The minimum absolute atomic E-state index is 0.294. The summed E-state index contributed by atoms with van der Waals surface area (Å²) in [5.41, 5.74) is 23.2. The monoisotopic (exact) mass is 1490 g/mol. The Bertz CT molecular complexity index is 6010. The molecule has 0 N–H and O–H groups in total. The number of rotatable bonds is 11. The van der Waals surface area contributed by atoms with Crippen molar-refractivity contribution in [1.29, 1.82) is 0 Å². The summed E-state index contributed by atoms with van der Waals surface area (Å²) in [6, 6.07) is 97.6. The summed E-state index contributed by atoms with van der Waals surface area (Å²) >= 11 is 0. The van der Waals surface area contributed by atoms with Gasteiger partial charge in [0.1, 0.15) is 0 Å². The second-order valence-electron chi connectivity index (χ2n) is 39.5. The molecule has 572 valence electrons. The predicted octanol–water partition coefficient (Wildman–Crippen LogP) is 28.6. The van der Waals surface area contributed by atoms with Gasteiger partial charge in [0.15, 0.2) is 0 Å². The van der Waals surface area contributed by atoms with Crippen LogP contribution in [0.4, 0.5) is 34.1 Å². The summed E-state index contributed by atoms with van der Waals surface area (Å²) < 4.78 is 69.4. The maximum atomic E-state index is 11.2. The Morgan fingerprint density at radius 3 is 0.789 bits per heavy atom. The van der Waals surface area contributed by atoms with E-state index in [4.69, 9.17) is 0 Å². The van der Waals surface area contributed by atoms with Crippen LogP contribution in [0.5, 0.6) is 0 Å². The molecule has 0 bridgehead atoms. The Kier molecular flexibility index (Phi) is 16.5. The highest BCUT2D eigenvalue weighted by Gasteiger charge is 2.47. The van der Waals surface area contributed by atoms with Crippen molar-refractivity contribution >= 4 is 101 Å². The lowest BCUT2D eigenvalue weighted by Crippen LogP contribution is -2.61. The topological polar surface area (TPSA) is 16.3 Å². The van der Waals surface area contributed by atoms with Crippen LogP contribution >= 0.6 is 0 Å². The van der Waals surface area contributed by atoms with Crippen LogP contribution in [0.3, 0.4) is 0 Å². The average molecular weight is 1500 g/mol. The van der Waals surface area contributed by atoms with Crippen molar-refractivity contribution in [2.45, 2.75) is 186 Å². The maximum absolute atomic E-state index is 11.2. The Labute approximate surface area is 688 Å². The number of benzene rings is 13. The van der Waals surface area contributed by atoms with Crippen LogP contribution in [0.15, 0.2) is 267 Å². The third-order valence-electron chi connectivity index (χ3n) is 23.1. The van der Waals surface area contributed by atoms with E-state index in [0.717, 1.165) is 172 Å². The Balaban J connectivity index is 1.13. The summed E-state index contributed by atoms with van der Waals surface area (Å²) in [6.07, 6.45) is -5.80. The molecule has 2 aliphatic heterocycles. The Morgan fingerprint density at radius 2 is 0.526 bits per heavy atom. The normalized spacial score (nSPS) is 14.7. The third kappa shape index (κ3) is 13.9. The molecule has 0 amide bonds. The number of anilines is 6. The van der Waals surface area contributed by atoms with Crippen LogP contribution in [0, 0.1) is 16.2 Å². The molecule has 17 rings (SSSR count). The summed E-state index contributed by atoms with van der Waals surface area (Å²) in [5, 5.41) is 4.53. The van der Waals surface area contributed by atoms with Gasteiger partial charge in [-0.25, -0.2) is 0 Å². The number of para-hydroxylation sites is 4. The van der Waals surface area contributed by atoms with Crippen LogP contribution < -0.4 is 26.2 Å². The Morgan fingerprint density at radius 1 is 0.263 bits per heavy atom. The van der Waals surface area contributed by atoms with Crippen molar-refractivity contribution in [1.82, 2.24) is 9.13 Å². The summed E-state index contributed by atoms with van der Waals surface area (Å²) in [6.45, 7) is 44.6. The van der Waals surface area contributed by atoms with E-state index in [9.17, 15) is 8.22 Å². The fraction of sp³-hybridized carbons (Fsp3) is 0.284. The molecule has 0 unspecified atom stereocenters. The van der Waals surface area contributed by atoms with Crippen LogP contribution in [0.2, 0.25) is 0 Å². The molecular formula is C109H113BN4. The largest absolute Gasteiger partial charge is 0.310 e. The molecule has 13 aromatic carbocycles. The minimum atomic E-state index is -2.04. The lowest BCUT2D eigenvalue weighted by Gasteiger charge is -2.46. The van der Waals surface area contributed by atoms with E-state index in [1.807, 2.05) is 62.3 Å². The standard InChI is InChI=1S/C109H113BN4/c1-103(2,3)66-69-54-86(72-34-30-38-76(60-72)106(10,11)12)101(87(55-69)73-35-31-39-77(61-73)107(13,14)15)113-96-64-80(111-92-46-26-22-42-82(92)83-43-23-27-47-93(83)111)50-52-90(96)110-91-53-51-81(112-94-48-28-24-44-84(94)85-45-25-29-49-95(85)112)65-97(91)114(99-59-71(68-105(7,8)9)58-98(113)100(99)110)102-88(74-36-32-40-78(62-74)108(16,17)18)56-70(67-104(4,5)6)57-89(102)75-37-33-41-79(63-75)109(19,20)21/h22-65H,66-68H2,1-21H3/i66D2,67D2,68D2. The van der Waals surface area contributed by atoms with Crippen LogP contribution in [-0.2, 0) is 40.8 Å². The maximum Gasteiger partial charge on any atom is 0.252 e. The van der Waals surface area contributed by atoms with Crippen molar-refractivity contribution in [2.24, 2.45) is 16.2 Å². The van der Waals surface area contributed by atoms with Crippen molar-refractivity contribution in [3.63, 3.8) is 0 Å². The lowest BCUT2D eigenvalue weighted by atomic mass is 9.33. The first kappa shape index (κ1) is 68.7. The zero-order valence-electron chi connectivity index (χ0n) is 76.8. The summed E-state index contributed by atoms with van der Waals surface area (Å²) in [5.74, 6) is 0. The van der Waals surface area contributed by atoms with Gasteiger partial charge < -0.3 is 18.9 Å². The second-order valence-corrected chi connectivity index (χ2v) is 39.5. The van der Waals surface area contributed by atoms with Crippen LogP contribution in [0.1, 0.15) is 193 Å². The number of nitrogens with zero attached hydrogens (tertiary/aromatic N) is 4. The average Bonchev–Trinajstić information content (AvgIpc) is 0.752. The molecular weight excluding hydrogens is 1380 g/mol. The zero-order chi connectivity index (χ0) is 85.6. The fourth-order valence-electron chi connectivity index (χ4n) is 17.9. The molecule has 0 aliphatic carbocycles. The van der Waals surface area contributed by atoms with E-state index in [-0.39, 0.29) is 21.7 Å². The van der Waals surface area contributed by atoms with E-state index < -0.39 is 42.1 Å². The third-order valence-corrected chi connectivity index (χ3v) is 23.1. The number of fused-ring (bicyclic) bond motifs is 10. The van der Waals surface area contributed by atoms with Gasteiger partial charge in [0.25, 0.3) is 6.71 Å². The second kappa shape index (κ2) is 27.4. The van der Waals surface area contributed by atoms with E-state index in [0.29, 0.717) is 16.7 Å². The summed E-state index contributed by atoms with van der Waals surface area (Å²) in [4.78, 5) is 4.99. The van der Waals surface area contributed by atoms with Crippen LogP contribution in [0.25, 0.3) is 99.5 Å². The molecule has 5 heteroatoms. The molecule has 0 saturated heterocycles. The number of hydrogen-bond acceptors (Lipinski definition) is 2. The summed E-state index contributed by atoms with van der Waals surface area (Å²) in [7, 11) is 0. The molecule has 0 saturated carbocycles. The van der Waals surface area contributed by atoms with Crippen molar-refractivity contribution < 1.29 is 8.22 Å². The van der Waals surface area contributed by atoms with E-state index in [2.05, 4.69) is 369 Å². The van der Waals surface area contributed by atoms with Crippen LogP contribution in [-0.4, -0.2) is 15.8 Å². The molecule has 4 heterocycles. The number of hydrogen-bond donors (Lipinski definition) is 0. The van der Waals surface area contributed by atoms with Gasteiger partial charge in [-0.15, -0.1) is 0 Å². The van der Waals surface area contributed by atoms with Gasteiger partial charge in [-0.1, -0.05) is 327 Å². The number of aromatic nitrogens is 2. The van der Waals surface area contributed by atoms with Gasteiger partial charge in [-0.05, 0) is 220 Å². The molecule has 15 aromatic rings. The predicted molar refractivity (Wildman–Crippen MR) is 495 cm³/mol. The van der Waals surface area contributed by atoms with E-state index in [1.165, 1.54) is 0 Å². The van der Waals surface area contributed by atoms with Gasteiger partial charge in [0.05, 0.1) is 33.4 Å². The van der Waals surface area contributed by atoms with Gasteiger partial charge in [-0.2, -0.15) is 0 Å². The fourth-order valence-corrected chi connectivity index (χ4v) is 17.9. The molecule has 4 nitrogen and oxygen atoms in total. The molecule has 0 atom stereocenters. The molecule has 0 radical (unpaired) electrons. The molecule has 2 aliphatic rings. The van der Waals surface area contributed by atoms with E-state index in [1.54, 1.807) is 0 Å². The van der Waals surface area contributed by atoms with Crippen molar-refractivity contribution in [3.05, 3.63) is 306 Å². The van der Waals surface area contributed by atoms with Crippen molar-refractivity contribution in [3.8, 4) is 55.9 Å². The highest BCUT2D eigenvalue weighted by molar-refractivity contribution is 7.00. The highest BCUT2D eigenvalue weighted by atomic mass is 15.2. The smallest absolute Gasteiger partial charge is 0.252 e. The van der Waals surface area contributed by atoms with Gasteiger partial charge in [0.2, 0.25) is 0 Å². The van der Waals surface area contributed by atoms with E-state index >= 15 is 0 Å². The molecule has 2 aromatic heterocycles. The first-order valence-electron chi connectivity index (χ1n) is 44.1. The SMILES string of the molecule is [2H]C([2H])(c1cc(-c2cccc(C(C)(C)C)c2)c(N2c3cc(-n4c5ccccc5c5ccccc54)ccc3B3c4ccc(-n5c6ccccc6c6ccccc65)cc4N(c4c(-c5cccc(C(C)(C)C)c5)cc(C([2H])([2H])C(C)(C)C)cc4-c4cccc(C(C)(C)C)c4)c4cc(C([2H])([2H])C(C)(C)C)cc2c43)c(-c2cccc(C(C)(C)C)c2)c1)C(C)(C)C. The van der Waals surface area contributed by atoms with Crippen molar-refractivity contribution in [2.75, 3.05) is 9.80 Å². The quantitative estimate of drug-likeness (QED) is 0.120. The van der Waals surface area contributed by atoms with Gasteiger partial charge in [-0.3, -0.25) is 0 Å². The molecule has 0 spiro atoms. The molecule has 0 fully saturated rings.